The summed E-state index contributed by atoms with van der Waals surface area (Å²) in [6, 6.07) is 15.3. The summed E-state index contributed by atoms with van der Waals surface area (Å²) in [7, 11) is 0. The van der Waals surface area contributed by atoms with Gasteiger partial charge in [0.25, 0.3) is 11.8 Å². The van der Waals surface area contributed by atoms with E-state index < -0.39 is 0 Å². The van der Waals surface area contributed by atoms with E-state index in [4.69, 9.17) is 0 Å². The number of rotatable bonds is 2. The molecule has 2 amide bonds. The summed E-state index contributed by atoms with van der Waals surface area (Å²) in [5.41, 5.74) is 3.67. The fourth-order valence-electron chi connectivity index (χ4n) is 3.73. The smallest absolute Gasteiger partial charge is 0.256 e. The molecule has 0 aliphatic carbocycles. The highest BCUT2D eigenvalue weighted by molar-refractivity contribution is 6.01. The summed E-state index contributed by atoms with van der Waals surface area (Å²) < 4.78 is 0. The van der Waals surface area contributed by atoms with Crippen LogP contribution in [-0.2, 0) is 6.42 Å². The van der Waals surface area contributed by atoms with Gasteiger partial charge < -0.3 is 15.1 Å². The minimum absolute atomic E-state index is 0.0384. The molecule has 2 aromatic carbocycles. The zero-order chi connectivity index (χ0) is 17.9. The van der Waals surface area contributed by atoms with Gasteiger partial charge in [0, 0.05) is 38.3 Å². The number of carbonyl (C=O) groups excluding carboxylic acids is 2. The van der Waals surface area contributed by atoms with E-state index in [9.17, 15) is 9.59 Å². The average Bonchev–Trinajstić information content (AvgIpc) is 2.73. The Bertz CT molecular complexity index is 811. The second kappa shape index (κ2) is 7.20. The van der Waals surface area contributed by atoms with E-state index in [1.165, 1.54) is 5.56 Å². The van der Waals surface area contributed by atoms with Crippen molar-refractivity contribution in [2.75, 3.05) is 38.0 Å². The van der Waals surface area contributed by atoms with Crippen LogP contribution in [0.2, 0.25) is 0 Å². The molecule has 4 rings (SSSR count). The maximum Gasteiger partial charge on any atom is 0.256 e. The van der Waals surface area contributed by atoms with Crippen LogP contribution in [0, 0.1) is 0 Å². The summed E-state index contributed by atoms with van der Waals surface area (Å²) >= 11 is 0. The van der Waals surface area contributed by atoms with Crippen LogP contribution in [-0.4, -0.2) is 54.3 Å². The van der Waals surface area contributed by atoms with E-state index in [-0.39, 0.29) is 11.8 Å². The van der Waals surface area contributed by atoms with Gasteiger partial charge in [-0.2, -0.15) is 0 Å². The third kappa shape index (κ3) is 3.17. The molecule has 1 saturated heterocycles. The van der Waals surface area contributed by atoms with Crippen molar-refractivity contribution in [3.05, 3.63) is 65.2 Å². The van der Waals surface area contributed by atoms with Gasteiger partial charge in [0.1, 0.15) is 0 Å². The van der Waals surface area contributed by atoms with Crippen LogP contribution in [0.25, 0.3) is 0 Å². The van der Waals surface area contributed by atoms with Gasteiger partial charge >= 0.3 is 0 Å². The number of anilines is 1. The summed E-state index contributed by atoms with van der Waals surface area (Å²) in [4.78, 5) is 29.2. The number of benzene rings is 2. The molecule has 0 unspecified atom stereocenters. The zero-order valence-corrected chi connectivity index (χ0v) is 14.8. The van der Waals surface area contributed by atoms with Gasteiger partial charge in [-0.15, -0.1) is 0 Å². The third-order valence-corrected chi connectivity index (χ3v) is 5.18. The first-order valence-corrected chi connectivity index (χ1v) is 9.23. The molecule has 0 saturated carbocycles. The Labute approximate surface area is 153 Å². The molecule has 5 nitrogen and oxygen atoms in total. The number of nitrogens with zero attached hydrogens (tertiary/aromatic N) is 2. The largest absolute Gasteiger partial charge is 0.384 e. The van der Waals surface area contributed by atoms with Gasteiger partial charge in [-0.05, 0) is 36.6 Å². The van der Waals surface area contributed by atoms with Gasteiger partial charge in [-0.3, -0.25) is 9.59 Å². The van der Waals surface area contributed by atoms with Crippen LogP contribution >= 0.6 is 0 Å². The second-order valence-electron chi connectivity index (χ2n) is 6.82. The number of fused-ring (bicyclic) bond motifs is 1. The number of carbonyl (C=O) groups is 2. The number of hydrogen-bond donors (Lipinski definition) is 1. The van der Waals surface area contributed by atoms with Crippen molar-refractivity contribution in [3.8, 4) is 0 Å². The quantitative estimate of drug-likeness (QED) is 0.907. The van der Waals surface area contributed by atoms with Crippen molar-refractivity contribution in [2.45, 2.75) is 12.8 Å². The predicted molar refractivity (Wildman–Crippen MR) is 102 cm³/mol. The molecular formula is C21H23N3O2. The Morgan fingerprint density at radius 3 is 2.23 bits per heavy atom. The average molecular weight is 349 g/mol. The van der Waals surface area contributed by atoms with Crippen LogP contribution in [0.3, 0.4) is 0 Å². The fraction of sp³-hybridized carbons (Fsp3) is 0.333. The molecule has 0 spiro atoms. The molecule has 1 N–H and O–H groups in total. The summed E-state index contributed by atoms with van der Waals surface area (Å²) in [5.74, 6) is 0.0968. The van der Waals surface area contributed by atoms with Crippen molar-refractivity contribution in [1.82, 2.24) is 9.80 Å². The number of piperazine rings is 1. The molecule has 26 heavy (non-hydrogen) atoms. The van der Waals surface area contributed by atoms with Gasteiger partial charge in [-0.25, -0.2) is 0 Å². The summed E-state index contributed by atoms with van der Waals surface area (Å²) in [5, 5.41) is 3.39. The Hall–Kier alpha value is -2.82. The minimum Gasteiger partial charge on any atom is -0.384 e. The second-order valence-corrected chi connectivity index (χ2v) is 6.82. The third-order valence-electron chi connectivity index (χ3n) is 5.18. The Kier molecular flexibility index (Phi) is 4.61. The number of aryl methyl sites for hydroxylation is 1. The van der Waals surface area contributed by atoms with Crippen LogP contribution in [0.4, 0.5) is 5.69 Å². The number of amides is 2. The maximum absolute atomic E-state index is 13.0. The molecule has 1 fully saturated rings. The van der Waals surface area contributed by atoms with Crippen LogP contribution < -0.4 is 5.32 Å². The lowest BCUT2D eigenvalue weighted by molar-refractivity contribution is 0.0536. The van der Waals surface area contributed by atoms with Crippen molar-refractivity contribution >= 4 is 17.5 Å². The first-order chi connectivity index (χ1) is 12.7. The molecule has 2 aliphatic rings. The van der Waals surface area contributed by atoms with Crippen molar-refractivity contribution < 1.29 is 9.59 Å². The first-order valence-electron chi connectivity index (χ1n) is 9.23. The lowest BCUT2D eigenvalue weighted by Crippen LogP contribution is -2.50. The molecule has 0 radical (unpaired) electrons. The van der Waals surface area contributed by atoms with Crippen molar-refractivity contribution in [2.24, 2.45) is 0 Å². The Morgan fingerprint density at radius 2 is 1.50 bits per heavy atom. The van der Waals surface area contributed by atoms with Crippen LogP contribution in [0.1, 0.15) is 32.7 Å². The van der Waals surface area contributed by atoms with Crippen molar-refractivity contribution in [3.63, 3.8) is 0 Å². The van der Waals surface area contributed by atoms with E-state index in [0.29, 0.717) is 31.7 Å². The lowest BCUT2D eigenvalue weighted by Gasteiger charge is -2.35. The SMILES string of the molecule is O=C(c1ccccc1)N1CCN(C(=O)c2cccc3c2NCCC3)CC1. The van der Waals surface area contributed by atoms with Gasteiger partial charge in [0.05, 0.1) is 11.3 Å². The Balaban J connectivity index is 1.44. The van der Waals surface area contributed by atoms with Crippen molar-refractivity contribution in [1.29, 1.82) is 0 Å². The lowest BCUT2D eigenvalue weighted by atomic mass is 9.98. The maximum atomic E-state index is 13.0. The van der Waals surface area contributed by atoms with Gasteiger partial charge in [0.2, 0.25) is 0 Å². The molecule has 0 aromatic heterocycles. The van der Waals surface area contributed by atoms with E-state index in [1.807, 2.05) is 52.3 Å². The van der Waals surface area contributed by atoms with Gasteiger partial charge in [-0.1, -0.05) is 30.3 Å². The minimum atomic E-state index is 0.0384. The van der Waals surface area contributed by atoms with Crippen LogP contribution in [0.15, 0.2) is 48.5 Å². The number of hydrogen-bond acceptors (Lipinski definition) is 3. The number of nitrogens with one attached hydrogen (secondary N) is 1. The molecule has 2 aromatic rings. The molecule has 134 valence electrons. The molecule has 2 heterocycles. The highest BCUT2D eigenvalue weighted by Crippen LogP contribution is 2.27. The topological polar surface area (TPSA) is 52.7 Å². The molecule has 0 atom stereocenters. The zero-order valence-electron chi connectivity index (χ0n) is 14.8. The van der Waals surface area contributed by atoms with E-state index >= 15 is 0 Å². The highest BCUT2D eigenvalue weighted by atomic mass is 16.2. The van der Waals surface area contributed by atoms with Crippen LogP contribution in [0.5, 0.6) is 0 Å². The standard InChI is InChI=1S/C21H23N3O2/c25-20(17-6-2-1-3-7-17)23-12-14-24(15-13-23)21(26)18-10-4-8-16-9-5-11-22-19(16)18/h1-4,6-8,10,22H,5,9,11-15H2. The monoisotopic (exact) mass is 349 g/mol. The fourth-order valence-corrected chi connectivity index (χ4v) is 3.73. The predicted octanol–water partition coefficient (Wildman–Crippen LogP) is 2.64. The van der Waals surface area contributed by atoms with E-state index in [0.717, 1.165) is 30.6 Å². The first kappa shape index (κ1) is 16.6. The number of para-hydroxylation sites is 1. The molecule has 2 aliphatic heterocycles. The summed E-state index contributed by atoms with van der Waals surface area (Å²) in [6.45, 7) is 3.20. The molecule has 0 bridgehead atoms. The molecular weight excluding hydrogens is 326 g/mol. The molecule has 5 heteroatoms. The van der Waals surface area contributed by atoms with E-state index in [1.54, 1.807) is 0 Å². The van der Waals surface area contributed by atoms with E-state index in [2.05, 4.69) is 11.4 Å². The van der Waals surface area contributed by atoms with Gasteiger partial charge in [0.15, 0.2) is 0 Å². The normalized spacial score (nSPS) is 16.6. The summed E-state index contributed by atoms with van der Waals surface area (Å²) in [6.07, 6.45) is 2.12. The Morgan fingerprint density at radius 1 is 0.808 bits per heavy atom. The highest BCUT2D eigenvalue weighted by Gasteiger charge is 2.27.